The number of alkyl halides is 2. The number of rotatable bonds is 3. The Morgan fingerprint density at radius 1 is 1.50 bits per heavy atom. The van der Waals surface area contributed by atoms with E-state index in [9.17, 15) is 4.55 Å². The van der Waals surface area contributed by atoms with E-state index in [1.165, 1.54) is 0 Å². The van der Waals surface area contributed by atoms with Crippen LogP contribution >= 0.6 is 23.2 Å². The molecule has 1 rings (SSSR count). The van der Waals surface area contributed by atoms with Gasteiger partial charge in [-0.15, -0.1) is 27.9 Å². The molecule has 2 unspecified atom stereocenters. The van der Waals surface area contributed by atoms with Crippen molar-refractivity contribution in [2.24, 2.45) is 5.92 Å². The second-order valence-corrected chi connectivity index (χ2v) is 8.40. The molecule has 0 aromatic carbocycles. The maximum atomic E-state index is 11.7. The van der Waals surface area contributed by atoms with Crippen LogP contribution < -0.4 is 4.72 Å². The molecule has 0 aromatic heterocycles. The van der Waals surface area contributed by atoms with E-state index in [1.54, 1.807) is 0 Å². The summed E-state index contributed by atoms with van der Waals surface area (Å²) in [4.78, 5) is 0. The van der Waals surface area contributed by atoms with E-state index in [4.69, 9.17) is 23.2 Å². The molecule has 2 nitrogen and oxygen atoms in total. The Kier molecular flexibility index (Phi) is 3.71. The average Bonchev–Trinajstić information content (AvgIpc) is 2.57. The zero-order chi connectivity index (χ0) is 11.1. The molecule has 1 N–H and O–H groups in total. The smallest absolute Gasteiger partial charge is 0.136 e. The Labute approximate surface area is 99.0 Å². The van der Waals surface area contributed by atoms with Crippen LogP contribution in [0.2, 0.25) is 0 Å². The first-order valence-corrected chi connectivity index (χ1v) is 6.61. The number of nitrogens with one attached hydrogen (secondary N) is 1. The van der Waals surface area contributed by atoms with Crippen LogP contribution in [-0.2, 0) is 11.4 Å². The van der Waals surface area contributed by atoms with Crippen molar-refractivity contribution in [3.8, 4) is 0 Å². The highest BCUT2D eigenvalue weighted by Gasteiger charge is 2.55. The fraction of sp³-hybridized carbons (Fsp3) is 1.00. The lowest BCUT2D eigenvalue weighted by Crippen LogP contribution is -2.44. The van der Waals surface area contributed by atoms with Crippen LogP contribution in [0.5, 0.6) is 0 Å². The molecule has 0 spiro atoms. The van der Waals surface area contributed by atoms with Gasteiger partial charge in [-0.1, -0.05) is 0 Å². The van der Waals surface area contributed by atoms with Gasteiger partial charge >= 0.3 is 0 Å². The van der Waals surface area contributed by atoms with Crippen LogP contribution in [0.15, 0.2) is 0 Å². The first-order chi connectivity index (χ1) is 6.14. The summed E-state index contributed by atoms with van der Waals surface area (Å²) in [5.74, 6) is 0.220. The van der Waals surface area contributed by atoms with Crippen molar-refractivity contribution in [2.75, 3.05) is 0 Å². The molecule has 0 amide bonds. The Bertz CT molecular complexity index is 217. The van der Waals surface area contributed by atoms with E-state index in [0.29, 0.717) is 0 Å². The third-order valence-electron chi connectivity index (χ3n) is 2.33. The fourth-order valence-electron chi connectivity index (χ4n) is 1.20. The number of hydrogen-bond donors (Lipinski definition) is 1. The van der Waals surface area contributed by atoms with E-state index in [0.717, 1.165) is 6.42 Å². The van der Waals surface area contributed by atoms with Crippen LogP contribution in [0.4, 0.5) is 0 Å². The molecule has 0 bridgehead atoms. The topological polar surface area (TPSA) is 35.1 Å². The maximum absolute atomic E-state index is 11.7. The summed E-state index contributed by atoms with van der Waals surface area (Å²) in [6, 6.07) is 0.102. The van der Waals surface area contributed by atoms with Gasteiger partial charge in [-0.2, -0.15) is 0 Å². The molecule has 3 atom stereocenters. The summed E-state index contributed by atoms with van der Waals surface area (Å²) < 4.78 is 13.9. The quantitative estimate of drug-likeness (QED) is 0.624. The third-order valence-corrected chi connectivity index (χ3v) is 4.89. The molecule has 5 heteroatoms. The molecule has 1 fully saturated rings. The standard InChI is InChI=1S/C9H17Cl2NOS/c1-6(7-5-9(7,10)11)12-14(13)8(2,3)4/h6-7,12H,5H2,1-4H3/t6?,7-,14?/m0/s1. The van der Waals surface area contributed by atoms with Crippen molar-refractivity contribution in [2.45, 2.75) is 49.2 Å². The van der Waals surface area contributed by atoms with Gasteiger partial charge in [0, 0.05) is 17.3 Å². The summed E-state index contributed by atoms with van der Waals surface area (Å²) in [6.07, 6.45) is 0.783. The van der Waals surface area contributed by atoms with Crippen molar-refractivity contribution in [3.63, 3.8) is 0 Å². The SMILES string of the molecule is CC(N[S+]([O-])C(C)(C)C)[C@@H]1CC1(Cl)Cl. The highest BCUT2D eigenvalue weighted by atomic mass is 35.5. The van der Waals surface area contributed by atoms with Gasteiger partial charge in [0.15, 0.2) is 0 Å². The van der Waals surface area contributed by atoms with Gasteiger partial charge in [0.25, 0.3) is 0 Å². The van der Waals surface area contributed by atoms with Crippen LogP contribution in [0.25, 0.3) is 0 Å². The van der Waals surface area contributed by atoms with Crippen molar-refractivity contribution < 1.29 is 4.55 Å². The molecule has 1 aliphatic carbocycles. The summed E-state index contributed by atoms with van der Waals surface area (Å²) in [5, 5.41) is 0. The predicted molar refractivity (Wildman–Crippen MR) is 63.0 cm³/mol. The molecule has 0 aliphatic heterocycles. The number of hydrogen-bond acceptors (Lipinski definition) is 2. The second kappa shape index (κ2) is 4.02. The molecular weight excluding hydrogens is 241 g/mol. The maximum Gasteiger partial charge on any atom is 0.136 e. The van der Waals surface area contributed by atoms with Crippen molar-refractivity contribution in [3.05, 3.63) is 0 Å². The van der Waals surface area contributed by atoms with Gasteiger partial charge in [0.1, 0.15) is 9.08 Å². The predicted octanol–water partition coefficient (Wildman–Crippen LogP) is 2.62. The lowest BCUT2D eigenvalue weighted by molar-refractivity contribution is 0.509. The third kappa shape index (κ3) is 3.17. The van der Waals surface area contributed by atoms with Gasteiger partial charge in [-0.05, 0) is 34.1 Å². The summed E-state index contributed by atoms with van der Waals surface area (Å²) in [7, 11) is 0. The zero-order valence-electron chi connectivity index (χ0n) is 8.93. The second-order valence-electron chi connectivity index (χ2n) is 4.86. The highest BCUT2D eigenvalue weighted by Crippen LogP contribution is 2.54. The van der Waals surface area contributed by atoms with Crippen LogP contribution in [0, 0.1) is 5.92 Å². The fourth-order valence-corrected chi connectivity index (χ4v) is 2.77. The van der Waals surface area contributed by atoms with Crippen LogP contribution in [0.1, 0.15) is 34.1 Å². The van der Waals surface area contributed by atoms with Crippen molar-refractivity contribution in [1.29, 1.82) is 0 Å². The van der Waals surface area contributed by atoms with E-state index in [2.05, 4.69) is 4.72 Å². The minimum Gasteiger partial charge on any atom is -0.598 e. The minimum atomic E-state index is -1.05. The Morgan fingerprint density at radius 3 is 2.21 bits per heavy atom. The molecule has 14 heavy (non-hydrogen) atoms. The molecule has 84 valence electrons. The Balaban J connectivity index is 2.39. The monoisotopic (exact) mass is 257 g/mol. The van der Waals surface area contributed by atoms with Gasteiger partial charge in [-0.25, -0.2) is 0 Å². The lowest BCUT2D eigenvalue weighted by Gasteiger charge is -2.26. The highest BCUT2D eigenvalue weighted by molar-refractivity contribution is 7.90. The van der Waals surface area contributed by atoms with Crippen LogP contribution in [-0.4, -0.2) is 19.7 Å². The van der Waals surface area contributed by atoms with Crippen molar-refractivity contribution in [1.82, 2.24) is 4.72 Å². The molecule has 0 radical (unpaired) electrons. The zero-order valence-corrected chi connectivity index (χ0v) is 11.3. The summed E-state index contributed by atoms with van der Waals surface area (Å²) >= 11 is 10.8. The molecule has 0 heterocycles. The van der Waals surface area contributed by atoms with Crippen LogP contribution in [0.3, 0.4) is 0 Å². The number of halogens is 2. The Morgan fingerprint density at radius 2 is 1.93 bits per heavy atom. The summed E-state index contributed by atoms with van der Waals surface area (Å²) in [5.41, 5.74) is 0. The van der Waals surface area contributed by atoms with E-state index in [-0.39, 0.29) is 16.7 Å². The molecule has 0 saturated heterocycles. The lowest BCUT2D eigenvalue weighted by atomic mass is 10.2. The van der Waals surface area contributed by atoms with Crippen molar-refractivity contribution >= 4 is 34.6 Å². The average molecular weight is 258 g/mol. The Hall–Kier alpha value is 0.850. The molecular formula is C9H17Cl2NOS. The van der Waals surface area contributed by atoms with E-state index in [1.807, 2.05) is 27.7 Å². The van der Waals surface area contributed by atoms with E-state index >= 15 is 0 Å². The van der Waals surface area contributed by atoms with E-state index < -0.39 is 15.7 Å². The molecule has 0 aromatic rings. The molecule has 1 aliphatic rings. The van der Waals surface area contributed by atoms with Gasteiger partial charge < -0.3 is 4.55 Å². The summed E-state index contributed by atoms with van der Waals surface area (Å²) in [6.45, 7) is 7.78. The first kappa shape index (κ1) is 12.9. The van der Waals surface area contributed by atoms with Gasteiger partial charge in [0.05, 0.1) is 6.04 Å². The largest absolute Gasteiger partial charge is 0.598 e. The first-order valence-electron chi connectivity index (χ1n) is 4.70. The normalized spacial score (nSPS) is 29.8. The minimum absolute atomic E-state index is 0.102. The van der Waals surface area contributed by atoms with Gasteiger partial charge in [0.2, 0.25) is 0 Å². The molecule has 1 saturated carbocycles. The van der Waals surface area contributed by atoms with Gasteiger partial charge in [-0.3, -0.25) is 0 Å².